The molecule has 1 aromatic heterocycles. The summed E-state index contributed by atoms with van der Waals surface area (Å²) in [5.41, 5.74) is 0.730. The Morgan fingerprint density at radius 1 is 0.861 bits per heavy atom. The van der Waals surface area contributed by atoms with Crippen molar-refractivity contribution in [1.29, 1.82) is 0 Å². The lowest BCUT2D eigenvalue weighted by Gasteiger charge is -2.34. The number of nitrogens with zero attached hydrogens (tertiary/aromatic N) is 3. The third-order valence-electron chi connectivity index (χ3n) is 7.37. The van der Waals surface area contributed by atoms with Crippen LogP contribution in [0.5, 0.6) is 0 Å². The molecule has 0 bridgehead atoms. The van der Waals surface area contributed by atoms with E-state index < -0.39 is 0 Å². The van der Waals surface area contributed by atoms with Gasteiger partial charge in [-0.3, -0.25) is 9.79 Å². The van der Waals surface area contributed by atoms with E-state index in [1.165, 1.54) is 25.7 Å². The van der Waals surface area contributed by atoms with Gasteiger partial charge in [-0.15, -0.1) is 24.8 Å². The Labute approximate surface area is 230 Å². The fourth-order valence-electron chi connectivity index (χ4n) is 5.51. The maximum atomic E-state index is 13.2. The number of hydrogen-bond donors (Lipinski definition) is 3. The molecule has 2 aliphatic carbocycles. The van der Waals surface area contributed by atoms with Gasteiger partial charge in [0.2, 0.25) is 5.82 Å². The highest BCUT2D eigenvalue weighted by Gasteiger charge is 2.28. The smallest absolute Gasteiger partial charge is 0.289 e. The normalized spacial score (nSPS) is 22.5. The van der Waals surface area contributed by atoms with Crippen LogP contribution in [0.4, 0.5) is 5.82 Å². The molecule has 2 atom stereocenters. The van der Waals surface area contributed by atoms with E-state index >= 15 is 0 Å². The van der Waals surface area contributed by atoms with E-state index in [9.17, 15) is 4.79 Å². The summed E-state index contributed by atoms with van der Waals surface area (Å²) in [6, 6.07) is 6.27. The zero-order chi connectivity index (χ0) is 23.3. The van der Waals surface area contributed by atoms with Gasteiger partial charge < -0.3 is 16.0 Å². The van der Waals surface area contributed by atoms with Gasteiger partial charge in [0, 0.05) is 41.5 Å². The van der Waals surface area contributed by atoms with Crippen molar-refractivity contribution in [1.82, 2.24) is 20.6 Å². The molecule has 5 rings (SSSR count). The summed E-state index contributed by atoms with van der Waals surface area (Å²) in [6.45, 7) is 0.918. The number of rotatable bonds is 5. The minimum atomic E-state index is -0.189. The first-order chi connectivity index (χ1) is 16.7. The summed E-state index contributed by atoms with van der Waals surface area (Å²) in [4.78, 5) is 27.1. The molecule has 10 heteroatoms. The van der Waals surface area contributed by atoms with Crippen LogP contribution in [0.3, 0.4) is 0 Å². The number of amidine groups is 1. The molecule has 1 aliphatic heterocycles. The second-order valence-corrected chi connectivity index (χ2v) is 10.4. The lowest BCUT2D eigenvalue weighted by atomic mass is 9.90. The largest absolute Gasteiger partial charge is 0.369 e. The Kier molecular flexibility index (Phi) is 10.9. The van der Waals surface area contributed by atoms with Crippen LogP contribution in [0.25, 0.3) is 10.9 Å². The molecule has 2 saturated carbocycles. The maximum absolute atomic E-state index is 13.2. The lowest BCUT2D eigenvalue weighted by Crippen LogP contribution is -2.48. The molecule has 0 saturated heterocycles. The van der Waals surface area contributed by atoms with Crippen molar-refractivity contribution in [3.8, 4) is 0 Å². The van der Waals surface area contributed by atoms with Crippen molar-refractivity contribution in [3.63, 3.8) is 0 Å². The van der Waals surface area contributed by atoms with Gasteiger partial charge in [0.15, 0.2) is 0 Å². The third-order valence-corrected chi connectivity index (χ3v) is 7.60. The van der Waals surface area contributed by atoms with Crippen LogP contribution in [-0.2, 0) is 0 Å². The van der Waals surface area contributed by atoms with E-state index in [1.807, 2.05) is 18.2 Å². The van der Waals surface area contributed by atoms with Crippen LogP contribution in [0.15, 0.2) is 23.2 Å². The average Bonchev–Trinajstić information content (AvgIpc) is 3.22. The molecule has 198 valence electrons. The van der Waals surface area contributed by atoms with Crippen molar-refractivity contribution in [2.45, 2.75) is 95.2 Å². The van der Waals surface area contributed by atoms with Crippen molar-refractivity contribution < 1.29 is 4.79 Å². The second kappa shape index (κ2) is 13.6. The molecule has 0 spiro atoms. The monoisotopic (exact) mass is 554 g/mol. The summed E-state index contributed by atoms with van der Waals surface area (Å²) in [5, 5.41) is 12.0. The third kappa shape index (κ3) is 7.14. The quantitative estimate of drug-likeness (QED) is 0.389. The summed E-state index contributed by atoms with van der Waals surface area (Å²) in [7, 11) is 0. The zero-order valence-corrected chi connectivity index (χ0v) is 23.0. The van der Waals surface area contributed by atoms with Gasteiger partial charge in [0.1, 0.15) is 5.82 Å². The number of fused-ring (bicyclic) bond motifs is 1. The molecule has 2 fully saturated rings. The van der Waals surface area contributed by atoms with E-state index in [0.29, 0.717) is 10.8 Å². The number of benzene rings is 1. The number of halogens is 3. The van der Waals surface area contributed by atoms with E-state index in [0.717, 1.165) is 74.6 Å². The number of amides is 1. The predicted octanol–water partition coefficient (Wildman–Crippen LogP) is 6.08. The van der Waals surface area contributed by atoms with Crippen LogP contribution >= 0.6 is 36.4 Å². The van der Waals surface area contributed by atoms with E-state index in [-0.39, 0.29) is 54.7 Å². The molecule has 0 radical (unpaired) electrons. The topological polar surface area (TPSA) is 91.3 Å². The highest BCUT2D eigenvalue weighted by Crippen LogP contribution is 2.28. The highest BCUT2D eigenvalue weighted by molar-refractivity contribution is 6.31. The number of aliphatic imine (C=N–C) groups is 1. The van der Waals surface area contributed by atoms with E-state index in [2.05, 4.69) is 25.9 Å². The molecule has 2 heterocycles. The molecule has 1 aromatic carbocycles. The lowest BCUT2D eigenvalue weighted by molar-refractivity contribution is 0.0923. The number of aromatic nitrogens is 2. The molecular formula is C26H37Cl3N6O. The fourth-order valence-corrected chi connectivity index (χ4v) is 5.68. The second-order valence-electron chi connectivity index (χ2n) is 9.94. The van der Waals surface area contributed by atoms with Gasteiger partial charge in [0.25, 0.3) is 5.91 Å². The number of nitrogens with one attached hydrogen (secondary N) is 3. The van der Waals surface area contributed by atoms with Gasteiger partial charge in [-0.25, -0.2) is 9.97 Å². The minimum Gasteiger partial charge on any atom is -0.369 e. The molecule has 3 aliphatic rings. The van der Waals surface area contributed by atoms with E-state index in [4.69, 9.17) is 16.6 Å². The summed E-state index contributed by atoms with van der Waals surface area (Å²) in [6.07, 6.45) is 13.5. The highest BCUT2D eigenvalue weighted by atomic mass is 35.5. The number of carbonyl (C=O) groups is 1. The van der Waals surface area contributed by atoms with Gasteiger partial charge in [-0.05, 0) is 50.3 Å². The van der Waals surface area contributed by atoms with Crippen LogP contribution in [0, 0.1) is 0 Å². The van der Waals surface area contributed by atoms with Crippen molar-refractivity contribution in [2.24, 2.45) is 4.99 Å². The van der Waals surface area contributed by atoms with Gasteiger partial charge in [-0.1, -0.05) is 50.1 Å². The average molecular weight is 556 g/mol. The van der Waals surface area contributed by atoms with Gasteiger partial charge in [-0.2, -0.15) is 0 Å². The van der Waals surface area contributed by atoms with Crippen molar-refractivity contribution in [2.75, 3.05) is 11.9 Å². The molecule has 1 amide bonds. The van der Waals surface area contributed by atoms with Crippen LogP contribution in [0.1, 0.15) is 87.7 Å². The summed E-state index contributed by atoms with van der Waals surface area (Å²) < 4.78 is 0. The van der Waals surface area contributed by atoms with Crippen LogP contribution in [0.2, 0.25) is 5.02 Å². The van der Waals surface area contributed by atoms with Gasteiger partial charge >= 0.3 is 0 Å². The first kappa shape index (κ1) is 28.7. The fraction of sp³-hybridized carbons (Fsp3) is 0.615. The first-order valence-corrected chi connectivity index (χ1v) is 13.4. The Balaban J connectivity index is 0.00000180. The number of anilines is 1. The Hall–Kier alpha value is -1.83. The molecule has 36 heavy (non-hydrogen) atoms. The minimum absolute atomic E-state index is 0. The standard InChI is InChI=1S/C26H35ClN6O.2ClH/c27-17-13-14-20-19(16-17)24(32-22-11-6-5-10-21(22)30-23-12-7-15-28-23)33-25(31-20)26(34)29-18-8-3-1-2-4-9-18;;/h13-14,16,18,21-22H,1-12,15H2,(H,28,30)(H,29,34)(H,31,32,33);2*1H/t21-,22+;;/m1../s1. The summed E-state index contributed by atoms with van der Waals surface area (Å²) in [5.74, 6) is 1.84. The molecule has 7 nitrogen and oxygen atoms in total. The van der Waals surface area contributed by atoms with Crippen molar-refractivity contribution in [3.05, 3.63) is 29.0 Å². The maximum Gasteiger partial charge on any atom is 0.289 e. The molecular weight excluding hydrogens is 519 g/mol. The number of carbonyl (C=O) groups excluding carboxylic acids is 1. The molecule has 3 N–H and O–H groups in total. The Morgan fingerprint density at radius 3 is 2.25 bits per heavy atom. The van der Waals surface area contributed by atoms with Crippen LogP contribution < -0.4 is 16.0 Å². The molecule has 2 aromatic rings. The SMILES string of the molecule is Cl.Cl.O=C(NC1CCCCCC1)c1nc(N[C@H]2CCCC[C@H]2NC2=NCCC2)c2cc(Cl)ccc2n1. The Bertz CT molecular complexity index is 1060. The number of hydrogen-bond acceptors (Lipinski definition) is 6. The van der Waals surface area contributed by atoms with Gasteiger partial charge in [0.05, 0.1) is 11.4 Å². The van der Waals surface area contributed by atoms with Crippen LogP contribution in [-0.4, -0.2) is 46.4 Å². The van der Waals surface area contributed by atoms with E-state index in [1.54, 1.807) is 0 Å². The zero-order valence-electron chi connectivity index (χ0n) is 20.6. The summed E-state index contributed by atoms with van der Waals surface area (Å²) >= 11 is 6.33. The molecule has 0 unspecified atom stereocenters. The first-order valence-electron chi connectivity index (χ1n) is 13.0. The Morgan fingerprint density at radius 2 is 1.56 bits per heavy atom. The van der Waals surface area contributed by atoms with Crippen molar-refractivity contribution >= 4 is 64.9 Å². The predicted molar refractivity (Wildman–Crippen MR) is 152 cm³/mol.